The highest BCUT2D eigenvalue weighted by Crippen LogP contribution is 2.36. The molecule has 1 heterocycles. The predicted molar refractivity (Wildman–Crippen MR) is 115 cm³/mol. The van der Waals surface area contributed by atoms with E-state index in [9.17, 15) is 4.79 Å². The van der Waals surface area contributed by atoms with E-state index in [-0.39, 0.29) is 12.5 Å². The first-order chi connectivity index (χ1) is 14.1. The summed E-state index contributed by atoms with van der Waals surface area (Å²) in [5, 5.41) is 4.34. The van der Waals surface area contributed by atoms with Crippen molar-refractivity contribution in [3.8, 4) is 23.8 Å². The highest BCUT2D eigenvalue weighted by molar-refractivity contribution is 6.32. The lowest BCUT2D eigenvalue weighted by Gasteiger charge is -2.17. The lowest BCUT2D eigenvalue weighted by molar-refractivity contribution is 0.0955. The van der Waals surface area contributed by atoms with E-state index in [0.29, 0.717) is 27.6 Å². The molecule has 0 spiro atoms. The minimum atomic E-state index is -0.291. The van der Waals surface area contributed by atoms with Gasteiger partial charge in [0.05, 0.1) is 18.3 Å². The van der Waals surface area contributed by atoms with Crippen LogP contribution in [0.2, 0.25) is 5.02 Å². The van der Waals surface area contributed by atoms with Crippen molar-refractivity contribution in [1.82, 2.24) is 5.43 Å². The smallest absolute Gasteiger partial charge is 0.271 e. The highest BCUT2D eigenvalue weighted by Gasteiger charge is 2.13. The molecule has 2 aromatic carbocycles. The van der Waals surface area contributed by atoms with Crippen molar-refractivity contribution in [1.29, 1.82) is 0 Å². The summed E-state index contributed by atoms with van der Waals surface area (Å²) in [7, 11) is 1.50. The lowest BCUT2D eigenvalue weighted by atomic mass is 10.2. The number of nitrogens with one attached hydrogen (secondary N) is 1. The number of hydrazone groups is 1. The summed E-state index contributed by atoms with van der Waals surface area (Å²) in [6.07, 6.45) is 9.11. The summed E-state index contributed by atoms with van der Waals surface area (Å²) in [4.78, 5) is 14.6. The van der Waals surface area contributed by atoms with E-state index in [0.717, 1.165) is 18.8 Å². The maximum absolute atomic E-state index is 12.3. The number of carbonyl (C=O) groups excluding carboxylic acids is 1. The largest absolute Gasteiger partial charge is 0.493 e. The fraction of sp³-hybridized carbons (Fsp3) is 0.273. The van der Waals surface area contributed by atoms with Gasteiger partial charge in [-0.25, -0.2) is 5.43 Å². The fourth-order valence-corrected chi connectivity index (χ4v) is 3.37. The van der Waals surface area contributed by atoms with Gasteiger partial charge >= 0.3 is 0 Å². The van der Waals surface area contributed by atoms with Crippen molar-refractivity contribution in [3.63, 3.8) is 0 Å². The quantitative estimate of drug-likeness (QED) is 0.428. The third-order valence-electron chi connectivity index (χ3n) is 4.53. The van der Waals surface area contributed by atoms with Crippen LogP contribution >= 0.6 is 11.6 Å². The third kappa shape index (κ3) is 5.21. The van der Waals surface area contributed by atoms with Gasteiger partial charge in [-0.1, -0.05) is 17.5 Å². The van der Waals surface area contributed by atoms with Crippen LogP contribution in [-0.2, 0) is 0 Å². The highest BCUT2D eigenvalue weighted by atomic mass is 35.5. The first-order valence-corrected chi connectivity index (χ1v) is 9.62. The molecule has 2 aromatic rings. The zero-order chi connectivity index (χ0) is 20.6. The summed E-state index contributed by atoms with van der Waals surface area (Å²) >= 11 is 6.23. The Labute approximate surface area is 175 Å². The number of hydrogen-bond donors (Lipinski definition) is 1. The van der Waals surface area contributed by atoms with E-state index in [4.69, 9.17) is 27.5 Å². The number of carbonyl (C=O) groups is 1. The maximum Gasteiger partial charge on any atom is 0.271 e. The molecular weight excluding hydrogens is 390 g/mol. The van der Waals surface area contributed by atoms with Crippen molar-refractivity contribution in [3.05, 3.63) is 52.5 Å². The van der Waals surface area contributed by atoms with Crippen molar-refractivity contribution >= 4 is 29.4 Å². The van der Waals surface area contributed by atoms with Crippen LogP contribution in [0.5, 0.6) is 11.5 Å². The molecule has 0 radical (unpaired) electrons. The van der Waals surface area contributed by atoms with E-state index in [2.05, 4.69) is 21.3 Å². The number of halogens is 1. The number of terminal acetylenes is 1. The molecule has 1 aliphatic heterocycles. The van der Waals surface area contributed by atoms with E-state index in [1.807, 2.05) is 12.1 Å². The molecule has 1 N–H and O–H groups in total. The summed E-state index contributed by atoms with van der Waals surface area (Å²) in [5.41, 5.74) is 4.84. The predicted octanol–water partition coefficient (Wildman–Crippen LogP) is 3.72. The van der Waals surface area contributed by atoms with Crippen LogP contribution in [0.1, 0.15) is 28.8 Å². The standard InChI is InChI=1S/C22H22ClN3O3/c1-3-12-29-21-19(23)13-16(14-20(21)28-2)15-24-25-22(27)17-6-8-18(9-7-17)26-10-4-5-11-26/h1,6-9,13-15H,4-5,10-12H2,2H3,(H,25,27)/b24-15-. The maximum atomic E-state index is 12.3. The molecule has 1 aliphatic rings. The molecule has 0 bridgehead atoms. The molecule has 29 heavy (non-hydrogen) atoms. The second-order valence-corrected chi connectivity index (χ2v) is 6.87. The number of rotatable bonds is 7. The van der Waals surface area contributed by atoms with Crippen LogP contribution in [0.3, 0.4) is 0 Å². The molecule has 1 saturated heterocycles. The number of ether oxygens (including phenoxy) is 2. The Balaban J connectivity index is 1.63. The first kappa shape index (κ1) is 20.6. The molecule has 0 aliphatic carbocycles. The van der Waals surface area contributed by atoms with Gasteiger partial charge in [-0.05, 0) is 54.8 Å². The topological polar surface area (TPSA) is 63.2 Å². The lowest BCUT2D eigenvalue weighted by Crippen LogP contribution is -2.19. The number of amides is 1. The Bertz CT molecular complexity index is 930. The van der Waals surface area contributed by atoms with E-state index in [1.165, 1.54) is 26.2 Å². The van der Waals surface area contributed by atoms with Gasteiger partial charge in [0.15, 0.2) is 11.5 Å². The van der Waals surface area contributed by atoms with E-state index >= 15 is 0 Å². The SMILES string of the molecule is C#CCOc1c(Cl)cc(/C=N\NC(=O)c2ccc(N3CCCC3)cc2)cc1OC. The number of benzene rings is 2. The number of nitrogens with zero attached hydrogens (tertiary/aromatic N) is 2. The zero-order valence-electron chi connectivity index (χ0n) is 16.2. The molecule has 0 saturated carbocycles. The molecule has 1 fully saturated rings. The minimum absolute atomic E-state index is 0.0795. The van der Waals surface area contributed by atoms with Gasteiger partial charge in [0, 0.05) is 24.3 Å². The average molecular weight is 412 g/mol. The second-order valence-electron chi connectivity index (χ2n) is 6.47. The number of hydrogen-bond acceptors (Lipinski definition) is 5. The van der Waals surface area contributed by atoms with E-state index < -0.39 is 0 Å². The Morgan fingerprint density at radius 2 is 2.03 bits per heavy atom. The van der Waals surface area contributed by atoms with Gasteiger partial charge in [0.25, 0.3) is 5.91 Å². The summed E-state index contributed by atoms with van der Waals surface area (Å²) < 4.78 is 10.7. The van der Waals surface area contributed by atoms with Gasteiger partial charge in [-0.2, -0.15) is 5.10 Å². The van der Waals surface area contributed by atoms with Gasteiger partial charge < -0.3 is 14.4 Å². The fourth-order valence-electron chi connectivity index (χ4n) is 3.10. The van der Waals surface area contributed by atoms with Crippen molar-refractivity contribution in [2.75, 3.05) is 31.7 Å². The molecular formula is C22H22ClN3O3. The normalized spacial score (nSPS) is 13.3. The van der Waals surface area contributed by atoms with Crippen LogP contribution in [0, 0.1) is 12.3 Å². The summed E-state index contributed by atoms with van der Waals surface area (Å²) in [6.45, 7) is 2.21. The van der Waals surface area contributed by atoms with Crippen LogP contribution in [0.15, 0.2) is 41.5 Å². The average Bonchev–Trinajstić information content (AvgIpc) is 3.27. The first-order valence-electron chi connectivity index (χ1n) is 9.24. The number of methoxy groups -OCH3 is 1. The molecule has 3 rings (SSSR count). The van der Waals surface area contributed by atoms with Crippen LogP contribution < -0.4 is 19.8 Å². The van der Waals surface area contributed by atoms with Crippen molar-refractivity contribution in [2.45, 2.75) is 12.8 Å². The second kappa shape index (κ2) is 9.85. The minimum Gasteiger partial charge on any atom is -0.493 e. The Morgan fingerprint density at radius 1 is 1.31 bits per heavy atom. The van der Waals surface area contributed by atoms with Crippen molar-refractivity contribution < 1.29 is 14.3 Å². The Hall–Kier alpha value is -3.17. The number of anilines is 1. The summed E-state index contributed by atoms with van der Waals surface area (Å²) in [5.74, 6) is 2.88. The van der Waals surface area contributed by atoms with Crippen LogP contribution in [0.25, 0.3) is 0 Å². The zero-order valence-corrected chi connectivity index (χ0v) is 16.9. The monoisotopic (exact) mass is 411 g/mol. The van der Waals surface area contributed by atoms with Gasteiger partial charge in [0.2, 0.25) is 0 Å². The molecule has 1 amide bonds. The molecule has 7 heteroatoms. The molecule has 0 unspecified atom stereocenters. The van der Waals surface area contributed by atoms with Crippen molar-refractivity contribution in [2.24, 2.45) is 5.10 Å². The Kier molecular flexibility index (Phi) is 6.99. The van der Waals surface area contributed by atoms with Crippen LogP contribution in [0.4, 0.5) is 5.69 Å². The van der Waals surface area contributed by atoms with Gasteiger partial charge in [0.1, 0.15) is 6.61 Å². The van der Waals surface area contributed by atoms with Gasteiger partial charge in [-0.15, -0.1) is 6.42 Å². The van der Waals surface area contributed by atoms with Crippen LogP contribution in [-0.4, -0.2) is 38.9 Å². The Morgan fingerprint density at radius 3 is 2.69 bits per heavy atom. The third-order valence-corrected chi connectivity index (χ3v) is 4.81. The molecule has 6 nitrogen and oxygen atoms in total. The molecule has 0 aromatic heterocycles. The molecule has 0 atom stereocenters. The van der Waals surface area contributed by atoms with Gasteiger partial charge in [-0.3, -0.25) is 4.79 Å². The molecule has 150 valence electrons. The van der Waals surface area contributed by atoms with E-state index in [1.54, 1.807) is 24.3 Å². The summed E-state index contributed by atoms with van der Waals surface area (Å²) in [6, 6.07) is 10.9.